The average Bonchev–Trinajstić information content (AvgIpc) is 3.24. The molecule has 2 aromatic carbocycles. The van der Waals surface area contributed by atoms with Crippen molar-refractivity contribution in [2.75, 3.05) is 0 Å². The Kier molecular flexibility index (Phi) is 6.17. The first-order valence-corrected chi connectivity index (χ1v) is 11.7. The van der Waals surface area contributed by atoms with Crippen molar-refractivity contribution in [3.8, 4) is 5.69 Å². The summed E-state index contributed by atoms with van der Waals surface area (Å²) in [5.41, 5.74) is 7.32. The Hall–Kier alpha value is -1.91. The van der Waals surface area contributed by atoms with E-state index in [2.05, 4.69) is 69.5 Å². The molecule has 2 aromatic heterocycles. The summed E-state index contributed by atoms with van der Waals surface area (Å²) in [5, 5.41) is 5.00. The van der Waals surface area contributed by atoms with E-state index in [0.717, 1.165) is 40.5 Å². The van der Waals surface area contributed by atoms with Crippen LogP contribution in [0.15, 0.2) is 67.0 Å². The third-order valence-electron chi connectivity index (χ3n) is 4.69. The number of halogens is 3. The van der Waals surface area contributed by atoms with Crippen molar-refractivity contribution >= 4 is 77.5 Å². The number of aryl methyl sites for hydroxylation is 1. The Morgan fingerprint density at radius 1 is 1.17 bits per heavy atom. The Bertz CT molecular complexity index is 1310. The summed E-state index contributed by atoms with van der Waals surface area (Å²) in [5.74, 6) is -0.175. The summed E-state index contributed by atoms with van der Waals surface area (Å²) in [6.07, 6.45) is 1.65. The molecule has 1 amide bonds. The van der Waals surface area contributed by atoms with E-state index >= 15 is 0 Å². The normalized spacial score (nSPS) is 11.5. The van der Waals surface area contributed by atoms with Crippen molar-refractivity contribution < 1.29 is 9.21 Å². The van der Waals surface area contributed by atoms with Gasteiger partial charge in [-0.2, -0.15) is 5.10 Å². The minimum atomic E-state index is -0.394. The van der Waals surface area contributed by atoms with Crippen LogP contribution >= 0.6 is 54.5 Å². The number of carbonyl (C=O) groups is 1. The summed E-state index contributed by atoms with van der Waals surface area (Å²) in [4.78, 5) is 12.5. The Morgan fingerprint density at radius 3 is 2.70 bits per heavy atom. The van der Waals surface area contributed by atoms with Gasteiger partial charge in [0.2, 0.25) is 0 Å². The van der Waals surface area contributed by atoms with E-state index in [9.17, 15) is 4.79 Å². The van der Waals surface area contributed by atoms with E-state index in [1.165, 1.54) is 0 Å². The zero-order valence-electron chi connectivity index (χ0n) is 16.0. The number of hydrazone groups is 1. The number of nitrogens with one attached hydrogen (secondary N) is 1. The standard InChI is InChI=1S/C22H16Br2IN3O2/c1-12-7-15(13(2)28(12)19-6-4-3-5-17(19)24)11-26-27-22(29)20-9-14-8-16(23)10-18(25)21(14)30-20/h3-11H,1-2H3,(H,27,29)/b26-11-. The molecule has 0 aliphatic rings. The lowest BCUT2D eigenvalue weighted by Crippen LogP contribution is -2.16. The first-order valence-electron chi connectivity index (χ1n) is 9.01. The minimum absolute atomic E-state index is 0.219. The quantitative estimate of drug-likeness (QED) is 0.153. The van der Waals surface area contributed by atoms with Gasteiger partial charge in [0.05, 0.1) is 15.5 Å². The summed E-state index contributed by atoms with van der Waals surface area (Å²) in [6, 6.07) is 15.6. The van der Waals surface area contributed by atoms with E-state index in [-0.39, 0.29) is 5.76 Å². The molecule has 0 bridgehead atoms. The van der Waals surface area contributed by atoms with Crippen LogP contribution in [-0.2, 0) is 0 Å². The largest absolute Gasteiger partial charge is 0.450 e. The number of amides is 1. The van der Waals surface area contributed by atoms with Gasteiger partial charge in [-0.15, -0.1) is 0 Å². The van der Waals surface area contributed by atoms with Crippen molar-refractivity contribution in [2.24, 2.45) is 5.10 Å². The first kappa shape index (κ1) is 21.3. The Morgan fingerprint density at radius 2 is 1.93 bits per heavy atom. The fourth-order valence-electron chi connectivity index (χ4n) is 3.33. The van der Waals surface area contributed by atoms with Gasteiger partial charge in [-0.3, -0.25) is 4.79 Å². The molecule has 5 nitrogen and oxygen atoms in total. The van der Waals surface area contributed by atoms with Gasteiger partial charge in [-0.1, -0.05) is 28.1 Å². The molecule has 1 N–H and O–H groups in total. The summed E-state index contributed by atoms with van der Waals surface area (Å²) >= 11 is 9.25. The second-order valence-corrected chi connectivity index (χ2v) is 9.66. The lowest BCUT2D eigenvalue weighted by atomic mass is 10.2. The van der Waals surface area contributed by atoms with E-state index in [1.807, 2.05) is 56.3 Å². The SMILES string of the molecule is Cc1cc(/C=N\NC(=O)c2cc3cc(Br)cc(I)c3o2)c(C)n1-c1ccccc1Br. The molecule has 0 saturated heterocycles. The molecule has 0 aliphatic heterocycles. The molecule has 0 saturated carbocycles. The molecule has 0 aliphatic carbocycles. The van der Waals surface area contributed by atoms with Crippen LogP contribution in [0.2, 0.25) is 0 Å². The lowest BCUT2D eigenvalue weighted by molar-refractivity contribution is 0.0929. The Labute approximate surface area is 203 Å². The molecule has 0 fully saturated rings. The predicted molar refractivity (Wildman–Crippen MR) is 135 cm³/mol. The highest BCUT2D eigenvalue weighted by Gasteiger charge is 2.15. The number of furan rings is 1. The van der Waals surface area contributed by atoms with Crippen LogP contribution in [0.3, 0.4) is 0 Å². The maximum absolute atomic E-state index is 12.5. The molecular formula is C22H16Br2IN3O2. The second-order valence-electron chi connectivity index (χ2n) is 6.73. The van der Waals surface area contributed by atoms with E-state index in [1.54, 1.807) is 12.3 Å². The number of rotatable bonds is 4. The van der Waals surface area contributed by atoms with Gasteiger partial charge in [0, 0.05) is 31.3 Å². The second kappa shape index (κ2) is 8.68. The van der Waals surface area contributed by atoms with Gasteiger partial charge in [0.1, 0.15) is 5.58 Å². The highest BCUT2D eigenvalue weighted by Crippen LogP contribution is 2.29. The molecule has 2 heterocycles. The zero-order valence-corrected chi connectivity index (χ0v) is 21.4. The number of nitrogens with zero attached hydrogens (tertiary/aromatic N) is 2. The predicted octanol–water partition coefficient (Wildman–Crippen LogP) is 6.73. The molecule has 4 rings (SSSR count). The smallest absolute Gasteiger partial charge is 0.307 e. The van der Waals surface area contributed by atoms with Crippen molar-refractivity contribution in [2.45, 2.75) is 13.8 Å². The van der Waals surface area contributed by atoms with Gasteiger partial charge in [0.25, 0.3) is 0 Å². The van der Waals surface area contributed by atoms with Crippen LogP contribution in [0, 0.1) is 17.4 Å². The van der Waals surface area contributed by atoms with Crippen LogP contribution in [0.5, 0.6) is 0 Å². The van der Waals surface area contributed by atoms with Crippen LogP contribution in [0.25, 0.3) is 16.7 Å². The van der Waals surface area contributed by atoms with Crippen LogP contribution in [-0.4, -0.2) is 16.7 Å². The summed E-state index contributed by atoms with van der Waals surface area (Å²) < 4.78 is 10.7. The highest BCUT2D eigenvalue weighted by molar-refractivity contribution is 14.1. The van der Waals surface area contributed by atoms with E-state index in [0.29, 0.717) is 5.58 Å². The maximum Gasteiger partial charge on any atom is 0.307 e. The van der Waals surface area contributed by atoms with Gasteiger partial charge >= 0.3 is 5.91 Å². The van der Waals surface area contributed by atoms with Crippen LogP contribution in [0.1, 0.15) is 27.5 Å². The average molecular weight is 641 g/mol. The highest BCUT2D eigenvalue weighted by atomic mass is 127. The molecule has 0 spiro atoms. The minimum Gasteiger partial charge on any atom is -0.450 e. The molecule has 8 heteroatoms. The van der Waals surface area contributed by atoms with E-state index in [4.69, 9.17) is 4.42 Å². The van der Waals surface area contributed by atoms with E-state index < -0.39 is 5.91 Å². The third-order valence-corrected chi connectivity index (χ3v) is 6.62. The van der Waals surface area contributed by atoms with Crippen LogP contribution in [0.4, 0.5) is 0 Å². The number of hydrogen-bond donors (Lipinski definition) is 1. The van der Waals surface area contributed by atoms with Crippen molar-refractivity contribution in [3.05, 3.63) is 83.8 Å². The number of fused-ring (bicyclic) bond motifs is 1. The number of carbonyl (C=O) groups excluding carboxylic acids is 1. The topological polar surface area (TPSA) is 59.5 Å². The molecule has 30 heavy (non-hydrogen) atoms. The fourth-order valence-corrected chi connectivity index (χ4v) is 5.45. The van der Waals surface area contributed by atoms with Crippen molar-refractivity contribution in [1.29, 1.82) is 0 Å². The summed E-state index contributed by atoms with van der Waals surface area (Å²) in [6.45, 7) is 4.06. The third kappa shape index (κ3) is 4.13. The molecule has 152 valence electrons. The monoisotopic (exact) mass is 639 g/mol. The molecule has 0 unspecified atom stereocenters. The zero-order chi connectivity index (χ0) is 21.4. The number of hydrogen-bond acceptors (Lipinski definition) is 3. The molecule has 4 aromatic rings. The fraction of sp³-hybridized carbons (Fsp3) is 0.0909. The van der Waals surface area contributed by atoms with Gasteiger partial charge in [-0.25, -0.2) is 5.43 Å². The van der Waals surface area contributed by atoms with Crippen molar-refractivity contribution in [3.63, 3.8) is 0 Å². The maximum atomic E-state index is 12.5. The first-order chi connectivity index (χ1) is 14.3. The summed E-state index contributed by atoms with van der Waals surface area (Å²) in [7, 11) is 0. The van der Waals surface area contributed by atoms with Gasteiger partial charge in [-0.05, 0) is 88.8 Å². The number of para-hydroxylation sites is 1. The molecular weight excluding hydrogens is 625 g/mol. The van der Waals surface area contributed by atoms with Gasteiger partial charge in [0.15, 0.2) is 5.76 Å². The molecule has 0 radical (unpaired) electrons. The van der Waals surface area contributed by atoms with Gasteiger partial charge < -0.3 is 8.98 Å². The Balaban J connectivity index is 1.55. The number of aromatic nitrogens is 1. The van der Waals surface area contributed by atoms with Crippen molar-refractivity contribution in [1.82, 2.24) is 9.99 Å². The number of benzene rings is 2. The molecule has 0 atom stereocenters. The van der Waals surface area contributed by atoms with Crippen LogP contribution < -0.4 is 5.43 Å². The lowest BCUT2D eigenvalue weighted by Gasteiger charge is -2.11.